The molecule has 0 aliphatic heterocycles. The summed E-state index contributed by atoms with van der Waals surface area (Å²) in [5, 5.41) is 8.08. The Balaban J connectivity index is 1.41. The van der Waals surface area contributed by atoms with Gasteiger partial charge in [-0.2, -0.15) is 0 Å². The molecule has 0 spiro atoms. The number of imidazole rings is 1. The summed E-state index contributed by atoms with van der Waals surface area (Å²) in [6.07, 6.45) is 2.04. The maximum absolute atomic E-state index is 13.0. The SMILES string of the molecule is CCC(=O)Nc1ccc(CCc2nc3ccc(C(=O)N[C@@H](c4cccs4)C(C)C)cc3[nH]2)cc1. The van der Waals surface area contributed by atoms with Gasteiger partial charge in [-0.05, 0) is 59.7 Å². The van der Waals surface area contributed by atoms with Crippen LogP contribution in [0.15, 0.2) is 60.0 Å². The molecule has 4 aromatic rings. The molecule has 0 radical (unpaired) electrons. The van der Waals surface area contributed by atoms with Gasteiger partial charge in [-0.25, -0.2) is 4.98 Å². The zero-order valence-corrected chi connectivity index (χ0v) is 20.5. The molecule has 0 fully saturated rings. The maximum Gasteiger partial charge on any atom is 0.251 e. The number of hydrogen-bond acceptors (Lipinski definition) is 4. The molecule has 0 unspecified atom stereocenters. The molecule has 176 valence electrons. The Morgan fingerprint density at radius 2 is 1.85 bits per heavy atom. The minimum atomic E-state index is -0.0830. The van der Waals surface area contributed by atoms with E-state index in [4.69, 9.17) is 0 Å². The lowest BCUT2D eigenvalue weighted by atomic mass is 10.0. The summed E-state index contributed by atoms with van der Waals surface area (Å²) in [5.74, 6) is 1.10. The third-order valence-electron chi connectivity index (χ3n) is 5.81. The fourth-order valence-electron chi connectivity index (χ4n) is 3.85. The van der Waals surface area contributed by atoms with Crippen LogP contribution >= 0.6 is 11.3 Å². The first-order valence-corrected chi connectivity index (χ1v) is 12.5. The largest absolute Gasteiger partial charge is 0.344 e. The summed E-state index contributed by atoms with van der Waals surface area (Å²) in [5.41, 5.74) is 4.31. The summed E-state index contributed by atoms with van der Waals surface area (Å²) in [6, 6.07) is 17.6. The van der Waals surface area contributed by atoms with Gasteiger partial charge in [0.05, 0.1) is 17.1 Å². The molecular weight excluding hydrogens is 444 g/mol. The van der Waals surface area contributed by atoms with Crippen molar-refractivity contribution >= 4 is 39.9 Å². The Bertz CT molecular complexity index is 1260. The minimum absolute atomic E-state index is 0.00863. The number of nitrogens with one attached hydrogen (secondary N) is 3. The lowest BCUT2D eigenvalue weighted by molar-refractivity contribution is -0.115. The number of fused-ring (bicyclic) bond motifs is 1. The maximum atomic E-state index is 13.0. The van der Waals surface area contributed by atoms with Gasteiger partial charge in [-0.15, -0.1) is 11.3 Å². The molecule has 7 heteroatoms. The number of rotatable bonds is 9. The van der Waals surface area contributed by atoms with Crippen molar-refractivity contribution in [2.75, 3.05) is 5.32 Å². The van der Waals surface area contributed by atoms with Crippen LogP contribution in [-0.2, 0) is 17.6 Å². The van der Waals surface area contributed by atoms with E-state index in [2.05, 4.69) is 40.5 Å². The van der Waals surface area contributed by atoms with Crippen LogP contribution < -0.4 is 10.6 Å². The fourth-order valence-corrected chi connectivity index (χ4v) is 4.80. The normalized spacial score (nSPS) is 12.1. The molecule has 4 rings (SSSR count). The number of anilines is 1. The van der Waals surface area contributed by atoms with E-state index in [1.807, 2.05) is 60.8 Å². The Kier molecular flexibility index (Phi) is 7.43. The van der Waals surface area contributed by atoms with Gasteiger partial charge in [0.1, 0.15) is 5.82 Å². The highest BCUT2D eigenvalue weighted by atomic mass is 32.1. The molecule has 34 heavy (non-hydrogen) atoms. The molecule has 1 atom stereocenters. The number of nitrogens with zero attached hydrogens (tertiary/aromatic N) is 1. The number of hydrogen-bond donors (Lipinski definition) is 3. The lowest BCUT2D eigenvalue weighted by Gasteiger charge is -2.21. The lowest BCUT2D eigenvalue weighted by Crippen LogP contribution is -2.31. The van der Waals surface area contributed by atoms with Crippen LogP contribution in [0.3, 0.4) is 0 Å². The van der Waals surface area contributed by atoms with Crippen molar-refractivity contribution in [2.45, 2.75) is 46.1 Å². The van der Waals surface area contributed by atoms with E-state index in [0.29, 0.717) is 17.9 Å². The summed E-state index contributed by atoms with van der Waals surface area (Å²) in [4.78, 5) is 33.7. The van der Waals surface area contributed by atoms with E-state index < -0.39 is 0 Å². The molecule has 2 heterocycles. The van der Waals surface area contributed by atoms with E-state index in [0.717, 1.165) is 40.3 Å². The topological polar surface area (TPSA) is 86.9 Å². The van der Waals surface area contributed by atoms with E-state index in [1.54, 1.807) is 11.3 Å². The number of amides is 2. The van der Waals surface area contributed by atoms with E-state index in [9.17, 15) is 9.59 Å². The molecular formula is C27H30N4O2S. The van der Waals surface area contributed by atoms with Gasteiger partial charge in [-0.3, -0.25) is 9.59 Å². The van der Waals surface area contributed by atoms with Crippen molar-refractivity contribution < 1.29 is 9.59 Å². The fraction of sp³-hybridized carbons (Fsp3) is 0.296. The smallest absolute Gasteiger partial charge is 0.251 e. The first-order chi connectivity index (χ1) is 16.4. The van der Waals surface area contributed by atoms with Crippen LogP contribution in [0.4, 0.5) is 5.69 Å². The number of aryl methyl sites for hydroxylation is 2. The Morgan fingerprint density at radius 3 is 2.53 bits per heavy atom. The highest BCUT2D eigenvalue weighted by molar-refractivity contribution is 7.10. The Morgan fingerprint density at radius 1 is 1.06 bits per heavy atom. The van der Waals surface area contributed by atoms with Gasteiger partial charge in [0.15, 0.2) is 0 Å². The quantitative estimate of drug-likeness (QED) is 0.283. The third kappa shape index (κ3) is 5.72. The van der Waals surface area contributed by atoms with Gasteiger partial charge in [0.25, 0.3) is 5.91 Å². The van der Waals surface area contributed by atoms with Crippen LogP contribution in [0.2, 0.25) is 0 Å². The van der Waals surface area contributed by atoms with Crippen LogP contribution in [0, 0.1) is 5.92 Å². The second-order valence-corrected chi connectivity index (χ2v) is 9.70. The first-order valence-electron chi connectivity index (χ1n) is 11.6. The van der Waals surface area contributed by atoms with Crippen LogP contribution in [-0.4, -0.2) is 21.8 Å². The van der Waals surface area contributed by atoms with E-state index in [1.165, 1.54) is 5.56 Å². The molecule has 6 nitrogen and oxygen atoms in total. The van der Waals surface area contributed by atoms with Crippen molar-refractivity contribution in [3.05, 3.63) is 81.8 Å². The standard InChI is InChI=1S/C27H30N4O2S/c1-4-25(32)28-20-11-7-18(8-12-20)9-14-24-29-21-13-10-19(16-22(21)30-24)27(33)31-26(17(2)3)23-6-5-15-34-23/h5-8,10-13,15-17,26H,4,9,14H2,1-3H3,(H,28,32)(H,29,30)(H,31,33)/t26-/m1/s1. The molecule has 0 aliphatic carbocycles. The number of carbonyl (C=O) groups excluding carboxylic acids is 2. The second-order valence-electron chi connectivity index (χ2n) is 8.72. The molecule has 2 aromatic carbocycles. The summed E-state index contributed by atoms with van der Waals surface area (Å²) < 4.78 is 0. The van der Waals surface area contributed by atoms with Gasteiger partial charge in [0.2, 0.25) is 5.91 Å². The Labute approximate surface area is 203 Å². The van der Waals surface area contributed by atoms with E-state index >= 15 is 0 Å². The molecule has 0 bridgehead atoms. The number of aromatic nitrogens is 2. The number of aromatic amines is 1. The number of thiophene rings is 1. The summed E-state index contributed by atoms with van der Waals surface area (Å²) >= 11 is 1.66. The zero-order valence-electron chi connectivity index (χ0n) is 19.7. The second kappa shape index (κ2) is 10.7. The van der Waals surface area contributed by atoms with Crippen molar-refractivity contribution in [2.24, 2.45) is 5.92 Å². The summed E-state index contributed by atoms with van der Waals surface area (Å²) in [6.45, 7) is 6.06. The zero-order chi connectivity index (χ0) is 24.1. The van der Waals surface area contributed by atoms with Gasteiger partial charge in [0, 0.05) is 29.0 Å². The predicted molar refractivity (Wildman–Crippen MR) is 138 cm³/mol. The minimum Gasteiger partial charge on any atom is -0.344 e. The molecule has 3 N–H and O–H groups in total. The first kappa shape index (κ1) is 23.7. The highest BCUT2D eigenvalue weighted by Crippen LogP contribution is 2.26. The molecule has 0 aliphatic rings. The molecule has 0 saturated heterocycles. The van der Waals surface area contributed by atoms with Crippen molar-refractivity contribution in [1.29, 1.82) is 0 Å². The molecule has 0 saturated carbocycles. The van der Waals surface area contributed by atoms with Crippen molar-refractivity contribution in [1.82, 2.24) is 15.3 Å². The number of H-pyrrole nitrogens is 1. The van der Waals surface area contributed by atoms with Gasteiger partial charge >= 0.3 is 0 Å². The van der Waals surface area contributed by atoms with Crippen molar-refractivity contribution in [3.8, 4) is 0 Å². The Hall–Kier alpha value is -3.45. The molecule has 2 amide bonds. The number of benzene rings is 2. The summed E-state index contributed by atoms with van der Waals surface area (Å²) in [7, 11) is 0. The molecule has 2 aromatic heterocycles. The van der Waals surface area contributed by atoms with Crippen LogP contribution in [0.5, 0.6) is 0 Å². The van der Waals surface area contributed by atoms with Crippen LogP contribution in [0.1, 0.15) is 59.9 Å². The van der Waals surface area contributed by atoms with Gasteiger partial charge < -0.3 is 15.6 Å². The highest BCUT2D eigenvalue weighted by Gasteiger charge is 2.20. The number of carbonyl (C=O) groups is 2. The predicted octanol–water partition coefficient (Wildman–Crippen LogP) is 5.89. The monoisotopic (exact) mass is 474 g/mol. The average molecular weight is 475 g/mol. The average Bonchev–Trinajstić information content (AvgIpc) is 3.51. The van der Waals surface area contributed by atoms with Crippen LogP contribution in [0.25, 0.3) is 11.0 Å². The van der Waals surface area contributed by atoms with E-state index in [-0.39, 0.29) is 17.9 Å². The van der Waals surface area contributed by atoms with Gasteiger partial charge in [-0.1, -0.05) is 39.0 Å². The third-order valence-corrected chi connectivity index (χ3v) is 6.76. The van der Waals surface area contributed by atoms with Crippen molar-refractivity contribution in [3.63, 3.8) is 0 Å².